The van der Waals surface area contributed by atoms with Crippen molar-refractivity contribution in [2.75, 3.05) is 7.05 Å². The van der Waals surface area contributed by atoms with Crippen molar-refractivity contribution < 1.29 is 0 Å². The van der Waals surface area contributed by atoms with E-state index in [1.165, 1.54) is 24.1 Å². The SMILES string of the molecule is CNC(c1ccn(Cc2cncn2C2CC2)c1)C(C)C. The molecule has 2 aromatic rings. The fraction of sp³-hybridized carbons (Fsp3) is 0.562. The molecule has 1 atom stereocenters. The summed E-state index contributed by atoms with van der Waals surface area (Å²) in [5, 5.41) is 3.40. The third kappa shape index (κ3) is 2.66. The number of hydrogen-bond donors (Lipinski definition) is 1. The van der Waals surface area contributed by atoms with Crippen LogP contribution in [0.1, 0.15) is 50.0 Å². The van der Waals surface area contributed by atoms with Crippen LogP contribution in [0, 0.1) is 5.92 Å². The van der Waals surface area contributed by atoms with E-state index in [9.17, 15) is 0 Å². The molecule has 0 spiro atoms. The summed E-state index contributed by atoms with van der Waals surface area (Å²) in [4.78, 5) is 4.30. The van der Waals surface area contributed by atoms with E-state index in [1.807, 2.05) is 19.6 Å². The molecule has 108 valence electrons. The van der Waals surface area contributed by atoms with Crippen LogP contribution in [0.15, 0.2) is 31.0 Å². The summed E-state index contributed by atoms with van der Waals surface area (Å²) >= 11 is 0. The summed E-state index contributed by atoms with van der Waals surface area (Å²) in [5.74, 6) is 0.591. The van der Waals surface area contributed by atoms with Gasteiger partial charge in [-0.15, -0.1) is 0 Å². The molecule has 1 aliphatic rings. The molecule has 2 heterocycles. The molecule has 1 saturated carbocycles. The maximum atomic E-state index is 4.30. The van der Waals surface area contributed by atoms with Gasteiger partial charge in [0.25, 0.3) is 0 Å². The van der Waals surface area contributed by atoms with Crippen molar-refractivity contribution in [2.24, 2.45) is 5.92 Å². The van der Waals surface area contributed by atoms with Crippen molar-refractivity contribution in [1.29, 1.82) is 0 Å². The van der Waals surface area contributed by atoms with Gasteiger partial charge in [0.05, 0.1) is 18.6 Å². The van der Waals surface area contributed by atoms with Crippen molar-refractivity contribution in [3.05, 3.63) is 42.2 Å². The lowest BCUT2D eigenvalue weighted by atomic mass is 9.99. The second kappa shape index (κ2) is 5.44. The van der Waals surface area contributed by atoms with Crippen LogP contribution in [0.3, 0.4) is 0 Å². The van der Waals surface area contributed by atoms with Gasteiger partial charge in [0.15, 0.2) is 0 Å². The topological polar surface area (TPSA) is 34.8 Å². The molecule has 4 nitrogen and oxygen atoms in total. The predicted octanol–water partition coefficient (Wildman–Crippen LogP) is 2.98. The van der Waals surface area contributed by atoms with Crippen LogP contribution in [0.4, 0.5) is 0 Å². The van der Waals surface area contributed by atoms with Gasteiger partial charge in [0.2, 0.25) is 0 Å². The van der Waals surface area contributed by atoms with Crippen molar-refractivity contribution in [3.8, 4) is 0 Å². The van der Waals surface area contributed by atoms with Gasteiger partial charge in [-0.1, -0.05) is 13.8 Å². The highest BCUT2D eigenvalue weighted by Crippen LogP contribution is 2.35. The van der Waals surface area contributed by atoms with Crippen LogP contribution < -0.4 is 5.32 Å². The highest BCUT2D eigenvalue weighted by molar-refractivity contribution is 5.17. The molecule has 0 radical (unpaired) electrons. The Labute approximate surface area is 120 Å². The quantitative estimate of drug-likeness (QED) is 0.877. The van der Waals surface area contributed by atoms with E-state index >= 15 is 0 Å². The van der Waals surface area contributed by atoms with E-state index in [1.54, 1.807) is 0 Å². The van der Waals surface area contributed by atoms with Gasteiger partial charge in [0.1, 0.15) is 0 Å². The van der Waals surface area contributed by atoms with Gasteiger partial charge in [-0.25, -0.2) is 4.98 Å². The van der Waals surface area contributed by atoms with E-state index in [4.69, 9.17) is 0 Å². The third-order valence-electron chi connectivity index (χ3n) is 4.14. The van der Waals surface area contributed by atoms with Gasteiger partial charge in [-0.2, -0.15) is 0 Å². The standard InChI is InChI=1S/C16H24N4/c1-12(2)16(17-3)13-6-7-19(9-13)10-15-8-18-11-20(15)14-4-5-14/h6-9,11-12,14,16-17H,4-5,10H2,1-3H3. The Morgan fingerprint density at radius 2 is 2.20 bits per heavy atom. The maximum Gasteiger partial charge on any atom is 0.0951 e. The number of imidazole rings is 1. The Balaban J connectivity index is 1.75. The molecule has 1 N–H and O–H groups in total. The van der Waals surface area contributed by atoms with Crippen LogP contribution >= 0.6 is 0 Å². The molecule has 0 amide bonds. The summed E-state index contributed by atoms with van der Waals surface area (Å²) < 4.78 is 4.59. The monoisotopic (exact) mass is 272 g/mol. The zero-order chi connectivity index (χ0) is 14.1. The van der Waals surface area contributed by atoms with E-state index < -0.39 is 0 Å². The Morgan fingerprint density at radius 3 is 2.85 bits per heavy atom. The molecule has 4 heteroatoms. The van der Waals surface area contributed by atoms with Crippen molar-refractivity contribution in [2.45, 2.75) is 45.3 Å². The predicted molar refractivity (Wildman–Crippen MR) is 80.7 cm³/mol. The largest absolute Gasteiger partial charge is 0.348 e. The molecule has 0 aliphatic heterocycles. The van der Waals surface area contributed by atoms with Crippen molar-refractivity contribution in [3.63, 3.8) is 0 Å². The first-order valence-corrected chi connectivity index (χ1v) is 7.52. The van der Waals surface area contributed by atoms with E-state index in [0.717, 1.165) is 6.54 Å². The van der Waals surface area contributed by atoms with Crippen molar-refractivity contribution >= 4 is 0 Å². The summed E-state index contributed by atoms with van der Waals surface area (Å²) in [6.07, 6.45) is 11.0. The van der Waals surface area contributed by atoms with Gasteiger partial charge in [0, 0.05) is 30.7 Å². The molecule has 1 fully saturated rings. The van der Waals surface area contributed by atoms with Crippen LogP contribution in [-0.4, -0.2) is 21.2 Å². The zero-order valence-electron chi connectivity index (χ0n) is 12.6. The number of nitrogens with one attached hydrogen (secondary N) is 1. The number of hydrogen-bond acceptors (Lipinski definition) is 2. The fourth-order valence-corrected chi connectivity index (χ4v) is 2.95. The minimum Gasteiger partial charge on any atom is -0.348 e. The Kier molecular flexibility index (Phi) is 3.66. The molecule has 20 heavy (non-hydrogen) atoms. The normalized spacial score (nSPS) is 16.8. The lowest BCUT2D eigenvalue weighted by molar-refractivity contribution is 0.442. The molecular weight excluding hydrogens is 248 g/mol. The smallest absolute Gasteiger partial charge is 0.0951 e. The molecular formula is C16H24N4. The Hall–Kier alpha value is -1.55. The van der Waals surface area contributed by atoms with Gasteiger partial charge >= 0.3 is 0 Å². The molecule has 0 saturated heterocycles. The Morgan fingerprint density at radius 1 is 1.40 bits per heavy atom. The maximum absolute atomic E-state index is 4.30. The first-order valence-electron chi connectivity index (χ1n) is 7.52. The van der Waals surface area contributed by atoms with E-state index in [2.05, 4.69) is 51.7 Å². The molecule has 0 bridgehead atoms. The van der Waals surface area contributed by atoms with Crippen molar-refractivity contribution in [1.82, 2.24) is 19.4 Å². The molecule has 3 rings (SSSR count). The summed E-state index contributed by atoms with van der Waals surface area (Å²) in [7, 11) is 2.03. The molecule has 1 aliphatic carbocycles. The minimum absolute atomic E-state index is 0.421. The van der Waals surface area contributed by atoms with Gasteiger partial charge < -0.3 is 14.5 Å². The van der Waals surface area contributed by atoms with E-state index in [-0.39, 0.29) is 0 Å². The fourth-order valence-electron chi connectivity index (χ4n) is 2.95. The lowest BCUT2D eigenvalue weighted by Gasteiger charge is -2.18. The van der Waals surface area contributed by atoms with Gasteiger partial charge in [-0.3, -0.25) is 0 Å². The Bertz CT molecular complexity index is 563. The average Bonchev–Trinajstić information content (AvgIpc) is 2.99. The summed E-state index contributed by atoms with van der Waals surface area (Å²) in [5.41, 5.74) is 2.67. The molecule has 1 unspecified atom stereocenters. The number of nitrogens with zero attached hydrogens (tertiary/aromatic N) is 3. The van der Waals surface area contributed by atoms with Crippen LogP contribution in [0.2, 0.25) is 0 Å². The number of aromatic nitrogens is 3. The molecule has 0 aromatic carbocycles. The summed E-state index contributed by atoms with van der Waals surface area (Å²) in [6.45, 7) is 5.41. The average molecular weight is 272 g/mol. The highest BCUT2D eigenvalue weighted by atomic mass is 15.1. The van der Waals surface area contributed by atoms with Gasteiger partial charge in [-0.05, 0) is 37.4 Å². The second-order valence-corrected chi connectivity index (χ2v) is 6.15. The van der Waals surface area contributed by atoms with Crippen LogP contribution in [0.25, 0.3) is 0 Å². The summed E-state index contributed by atoms with van der Waals surface area (Å²) in [6, 6.07) is 3.34. The first-order chi connectivity index (χ1) is 9.69. The highest BCUT2D eigenvalue weighted by Gasteiger charge is 2.25. The molecule has 2 aromatic heterocycles. The van der Waals surface area contributed by atoms with Crippen LogP contribution in [0.5, 0.6) is 0 Å². The van der Waals surface area contributed by atoms with Crippen LogP contribution in [-0.2, 0) is 6.54 Å². The number of rotatable bonds is 6. The lowest BCUT2D eigenvalue weighted by Crippen LogP contribution is -2.21. The van der Waals surface area contributed by atoms with E-state index in [0.29, 0.717) is 18.0 Å². The first kappa shape index (κ1) is 13.4. The zero-order valence-corrected chi connectivity index (χ0v) is 12.6. The second-order valence-electron chi connectivity index (χ2n) is 6.15. The minimum atomic E-state index is 0.421. The third-order valence-corrected chi connectivity index (χ3v) is 4.14.